The monoisotopic (exact) mass is 278 g/mol. The molecule has 1 aromatic carbocycles. The van der Waals surface area contributed by atoms with Gasteiger partial charge in [0.2, 0.25) is 5.91 Å². The number of anilines is 1. The van der Waals surface area contributed by atoms with Crippen molar-refractivity contribution in [3.8, 4) is 0 Å². The van der Waals surface area contributed by atoms with Gasteiger partial charge in [0.15, 0.2) is 0 Å². The minimum absolute atomic E-state index is 0.0846. The zero-order chi connectivity index (χ0) is 12.8. The van der Waals surface area contributed by atoms with Crippen LogP contribution in [0.1, 0.15) is 0 Å². The fourth-order valence-corrected chi connectivity index (χ4v) is 2.13. The highest BCUT2D eigenvalue weighted by Gasteiger charge is 2.04. The van der Waals surface area contributed by atoms with Crippen molar-refractivity contribution in [3.63, 3.8) is 0 Å². The van der Waals surface area contributed by atoms with Gasteiger partial charge in [-0.1, -0.05) is 29.8 Å². The average Bonchev–Trinajstić information content (AvgIpc) is 2.40. The molecule has 0 atom stereocenters. The highest BCUT2D eigenvalue weighted by atomic mass is 35.5. The Kier molecular flexibility index (Phi) is 4.61. The first-order valence-corrected chi connectivity index (χ1v) is 6.69. The van der Waals surface area contributed by atoms with Crippen LogP contribution in [0.5, 0.6) is 0 Å². The molecule has 0 bridgehead atoms. The van der Waals surface area contributed by atoms with Crippen molar-refractivity contribution in [1.82, 2.24) is 4.98 Å². The first-order valence-electron chi connectivity index (χ1n) is 5.33. The lowest BCUT2D eigenvalue weighted by molar-refractivity contribution is -0.113. The molecule has 1 N–H and O–H groups in total. The first-order chi connectivity index (χ1) is 8.74. The Bertz CT molecular complexity index is 516. The minimum Gasteiger partial charge on any atom is -0.310 e. The molecule has 0 radical (unpaired) electrons. The van der Waals surface area contributed by atoms with Gasteiger partial charge in [-0.05, 0) is 24.3 Å². The topological polar surface area (TPSA) is 42.0 Å². The number of halogens is 1. The van der Waals surface area contributed by atoms with Crippen molar-refractivity contribution < 1.29 is 4.79 Å². The lowest BCUT2D eigenvalue weighted by atomic mass is 10.4. The summed E-state index contributed by atoms with van der Waals surface area (Å²) in [5, 5.41) is 3.26. The molecule has 0 aliphatic carbocycles. The van der Waals surface area contributed by atoms with Crippen LogP contribution in [0.15, 0.2) is 53.6 Å². The number of hydrogen-bond donors (Lipinski definition) is 1. The number of aromatic nitrogens is 1. The van der Waals surface area contributed by atoms with Crippen LogP contribution in [0.25, 0.3) is 0 Å². The number of carbonyl (C=O) groups excluding carboxylic acids is 1. The predicted molar refractivity (Wildman–Crippen MR) is 75.0 cm³/mol. The Morgan fingerprint density at radius 3 is 2.67 bits per heavy atom. The second kappa shape index (κ2) is 6.42. The Morgan fingerprint density at radius 2 is 2.00 bits per heavy atom. The van der Waals surface area contributed by atoms with Crippen molar-refractivity contribution in [2.45, 2.75) is 4.90 Å². The molecule has 92 valence electrons. The molecule has 1 heterocycles. The van der Waals surface area contributed by atoms with E-state index in [1.165, 1.54) is 18.0 Å². The van der Waals surface area contributed by atoms with Crippen molar-refractivity contribution in [2.75, 3.05) is 11.1 Å². The van der Waals surface area contributed by atoms with Crippen LogP contribution in [0.2, 0.25) is 5.02 Å². The summed E-state index contributed by atoms with van der Waals surface area (Å²) in [5.41, 5.74) is 0. The number of carbonyl (C=O) groups is 1. The SMILES string of the molecule is O=C(CSc1ccccc1)Nc1ccc(Cl)cn1. The minimum atomic E-state index is -0.0846. The Hall–Kier alpha value is -1.52. The largest absolute Gasteiger partial charge is 0.310 e. The third-order valence-corrected chi connectivity index (χ3v) is 3.34. The number of rotatable bonds is 4. The molecule has 2 rings (SSSR count). The fraction of sp³-hybridized carbons (Fsp3) is 0.0769. The number of hydrogen-bond acceptors (Lipinski definition) is 3. The van der Waals surface area contributed by atoms with E-state index in [2.05, 4.69) is 10.3 Å². The van der Waals surface area contributed by atoms with E-state index in [4.69, 9.17) is 11.6 Å². The second-order valence-electron chi connectivity index (χ2n) is 3.51. The number of benzene rings is 1. The van der Waals surface area contributed by atoms with Gasteiger partial charge < -0.3 is 5.32 Å². The Labute approximate surface area is 115 Å². The summed E-state index contributed by atoms with van der Waals surface area (Å²) in [7, 11) is 0. The van der Waals surface area contributed by atoms with Gasteiger partial charge in [-0.3, -0.25) is 4.79 Å². The van der Waals surface area contributed by atoms with Gasteiger partial charge in [0.25, 0.3) is 0 Å². The van der Waals surface area contributed by atoms with Crippen LogP contribution < -0.4 is 5.32 Å². The zero-order valence-electron chi connectivity index (χ0n) is 9.47. The molecule has 0 unspecified atom stereocenters. The van der Waals surface area contributed by atoms with Gasteiger partial charge in [0, 0.05) is 11.1 Å². The van der Waals surface area contributed by atoms with Gasteiger partial charge in [-0.25, -0.2) is 4.98 Å². The maximum atomic E-state index is 11.7. The molecular formula is C13H11ClN2OS. The van der Waals surface area contributed by atoms with E-state index in [-0.39, 0.29) is 5.91 Å². The van der Waals surface area contributed by atoms with Crippen LogP contribution in [0.4, 0.5) is 5.82 Å². The van der Waals surface area contributed by atoms with Gasteiger partial charge in [-0.15, -0.1) is 11.8 Å². The first kappa shape index (κ1) is 12.9. The van der Waals surface area contributed by atoms with E-state index < -0.39 is 0 Å². The van der Waals surface area contributed by atoms with E-state index in [0.717, 1.165) is 4.90 Å². The summed E-state index contributed by atoms with van der Waals surface area (Å²) >= 11 is 7.20. The third kappa shape index (κ3) is 4.05. The summed E-state index contributed by atoms with van der Waals surface area (Å²) in [6, 6.07) is 13.1. The highest BCUT2D eigenvalue weighted by Crippen LogP contribution is 2.17. The second-order valence-corrected chi connectivity index (χ2v) is 5.00. The summed E-state index contributed by atoms with van der Waals surface area (Å²) in [6.07, 6.45) is 1.50. The van der Waals surface area contributed by atoms with Crippen molar-refractivity contribution in [3.05, 3.63) is 53.7 Å². The zero-order valence-corrected chi connectivity index (χ0v) is 11.0. The number of nitrogens with zero attached hydrogens (tertiary/aromatic N) is 1. The quantitative estimate of drug-likeness (QED) is 0.871. The third-order valence-electron chi connectivity index (χ3n) is 2.11. The number of nitrogens with one attached hydrogen (secondary N) is 1. The van der Waals surface area contributed by atoms with Gasteiger partial charge >= 0.3 is 0 Å². The van der Waals surface area contributed by atoms with Crippen LogP contribution in [-0.2, 0) is 4.79 Å². The van der Waals surface area contributed by atoms with E-state index in [0.29, 0.717) is 16.6 Å². The lowest BCUT2D eigenvalue weighted by Gasteiger charge is -2.04. The molecule has 0 fully saturated rings. The van der Waals surface area contributed by atoms with Gasteiger partial charge in [0.05, 0.1) is 10.8 Å². The summed E-state index contributed by atoms with van der Waals surface area (Å²) in [4.78, 5) is 16.7. The molecule has 0 saturated heterocycles. The van der Waals surface area contributed by atoms with Crippen molar-refractivity contribution >= 4 is 35.1 Å². The average molecular weight is 279 g/mol. The smallest absolute Gasteiger partial charge is 0.235 e. The summed E-state index contributed by atoms with van der Waals surface area (Å²) in [6.45, 7) is 0. The standard InChI is InChI=1S/C13H11ClN2OS/c14-10-6-7-12(15-8-10)16-13(17)9-18-11-4-2-1-3-5-11/h1-8H,9H2,(H,15,16,17). The predicted octanol–water partition coefficient (Wildman–Crippen LogP) is 3.47. The van der Waals surface area contributed by atoms with E-state index in [9.17, 15) is 4.79 Å². The number of amides is 1. The van der Waals surface area contributed by atoms with Crippen LogP contribution in [0.3, 0.4) is 0 Å². The van der Waals surface area contributed by atoms with Crippen molar-refractivity contribution in [1.29, 1.82) is 0 Å². The Balaban J connectivity index is 1.84. The molecule has 1 amide bonds. The molecule has 3 nitrogen and oxygen atoms in total. The molecule has 0 aliphatic rings. The molecular weight excluding hydrogens is 268 g/mol. The molecule has 2 aromatic rings. The highest BCUT2D eigenvalue weighted by molar-refractivity contribution is 8.00. The molecule has 18 heavy (non-hydrogen) atoms. The molecule has 0 spiro atoms. The molecule has 5 heteroatoms. The maximum absolute atomic E-state index is 11.7. The van der Waals surface area contributed by atoms with Crippen LogP contribution in [0, 0.1) is 0 Å². The number of thioether (sulfide) groups is 1. The van der Waals surface area contributed by atoms with E-state index in [1.54, 1.807) is 12.1 Å². The molecule has 0 saturated carbocycles. The van der Waals surface area contributed by atoms with E-state index in [1.807, 2.05) is 30.3 Å². The fourth-order valence-electron chi connectivity index (χ4n) is 1.29. The number of pyridine rings is 1. The van der Waals surface area contributed by atoms with E-state index >= 15 is 0 Å². The lowest BCUT2D eigenvalue weighted by Crippen LogP contribution is -2.14. The summed E-state index contributed by atoms with van der Waals surface area (Å²) < 4.78 is 0. The van der Waals surface area contributed by atoms with Crippen LogP contribution in [-0.4, -0.2) is 16.6 Å². The molecule has 0 aliphatic heterocycles. The van der Waals surface area contributed by atoms with Gasteiger partial charge in [-0.2, -0.15) is 0 Å². The molecule has 1 aromatic heterocycles. The van der Waals surface area contributed by atoms with Gasteiger partial charge in [0.1, 0.15) is 5.82 Å². The Morgan fingerprint density at radius 1 is 1.22 bits per heavy atom. The van der Waals surface area contributed by atoms with Crippen LogP contribution >= 0.6 is 23.4 Å². The van der Waals surface area contributed by atoms with Crippen molar-refractivity contribution in [2.24, 2.45) is 0 Å². The summed E-state index contributed by atoms with van der Waals surface area (Å²) in [5.74, 6) is 0.783. The maximum Gasteiger partial charge on any atom is 0.235 e. The normalized spacial score (nSPS) is 10.1.